The minimum absolute atomic E-state index is 0.0262. The fourth-order valence-corrected chi connectivity index (χ4v) is 3.17. The Morgan fingerprint density at radius 3 is 2.09 bits per heavy atom. The average molecular weight is 325 g/mol. The van der Waals surface area contributed by atoms with Crippen LogP contribution in [0.1, 0.15) is 5.56 Å². The van der Waals surface area contributed by atoms with Crippen LogP contribution in [0.5, 0.6) is 0 Å². The Morgan fingerprint density at radius 1 is 1.05 bits per heavy atom. The van der Waals surface area contributed by atoms with E-state index in [2.05, 4.69) is 0 Å². The van der Waals surface area contributed by atoms with E-state index in [0.29, 0.717) is 4.90 Å². The van der Waals surface area contributed by atoms with Gasteiger partial charge in [-0.2, -0.15) is 0 Å². The van der Waals surface area contributed by atoms with Crippen molar-refractivity contribution in [2.24, 2.45) is 0 Å². The van der Waals surface area contributed by atoms with Gasteiger partial charge in [0.1, 0.15) is 23.2 Å². The van der Waals surface area contributed by atoms with Crippen molar-refractivity contribution in [3.8, 4) is 0 Å². The first-order valence-corrected chi connectivity index (χ1v) is 7.96. The number of halogens is 2. The molecule has 0 aliphatic rings. The van der Waals surface area contributed by atoms with Crippen LogP contribution in [-0.2, 0) is 14.6 Å². The number of para-hydroxylation sites is 1. The fraction of sp³-hybridized carbons (Fsp3) is 0.133. The van der Waals surface area contributed by atoms with Gasteiger partial charge in [0.15, 0.2) is 9.84 Å². The minimum atomic E-state index is -3.91. The van der Waals surface area contributed by atoms with Gasteiger partial charge in [0.25, 0.3) is 0 Å². The van der Waals surface area contributed by atoms with Crippen molar-refractivity contribution in [2.45, 2.75) is 11.8 Å². The molecule has 22 heavy (non-hydrogen) atoms. The first-order chi connectivity index (χ1) is 10.3. The summed E-state index contributed by atoms with van der Waals surface area (Å²) < 4.78 is 51.9. The zero-order valence-corrected chi connectivity index (χ0v) is 12.5. The molecule has 116 valence electrons. The zero-order chi connectivity index (χ0) is 16.3. The third-order valence-corrected chi connectivity index (χ3v) is 4.65. The zero-order valence-electron chi connectivity index (χ0n) is 11.7. The van der Waals surface area contributed by atoms with Gasteiger partial charge in [-0.15, -0.1) is 0 Å². The summed E-state index contributed by atoms with van der Waals surface area (Å²) in [6, 6.07) is 8.99. The van der Waals surface area contributed by atoms with Crippen LogP contribution in [0.15, 0.2) is 47.4 Å². The van der Waals surface area contributed by atoms with Crippen LogP contribution in [0.25, 0.3) is 0 Å². The van der Waals surface area contributed by atoms with Crippen LogP contribution in [0, 0.1) is 18.6 Å². The normalized spacial score (nSPS) is 11.2. The summed E-state index contributed by atoms with van der Waals surface area (Å²) in [4.78, 5) is 11.6. The summed E-state index contributed by atoms with van der Waals surface area (Å²) in [5.41, 5.74) is 0.180. The van der Waals surface area contributed by atoms with Gasteiger partial charge in [-0.25, -0.2) is 17.2 Å². The van der Waals surface area contributed by atoms with E-state index in [1.54, 1.807) is 19.1 Å². The molecule has 0 aliphatic carbocycles. The van der Waals surface area contributed by atoms with Gasteiger partial charge in [0, 0.05) is 0 Å². The number of anilines is 1. The molecular formula is C15H13F2NO3S. The number of aryl methyl sites for hydroxylation is 1. The summed E-state index contributed by atoms with van der Waals surface area (Å²) in [5, 5.41) is 0. The second kappa shape index (κ2) is 6.23. The first kappa shape index (κ1) is 16.1. The summed E-state index contributed by atoms with van der Waals surface area (Å²) in [6.45, 7) is 1.79. The Balaban J connectivity index is 2.38. The number of rotatable bonds is 5. The quantitative estimate of drug-likeness (QED) is 0.794. The predicted molar refractivity (Wildman–Crippen MR) is 78.1 cm³/mol. The van der Waals surface area contributed by atoms with Gasteiger partial charge in [-0.3, -0.25) is 9.69 Å². The van der Waals surface area contributed by atoms with Crippen molar-refractivity contribution in [2.75, 3.05) is 10.8 Å². The molecule has 0 spiro atoms. The Kier molecular flexibility index (Phi) is 4.56. The van der Waals surface area contributed by atoms with Gasteiger partial charge in [-0.05, 0) is 31.2 Å². The summed E-state index contributed by atoms with van der Waals surface area (Å²) in [7, 11) is -3.91. The molecule has 0 bridgehead atoms. The monoisotopic (exact) mass is 325 g/mol. The van der Waals surface area contributed by atoms with Crippen LogP contribution in [0.2, 0.25) is 0 Å². The lowest BCUT2D eigenvalue weighted by molar-refractivity contribution is -0.107. The molecule has 1 amide bonds. The van der Waals surface area contributed by atoms with E-state index in [4.69, 9.17) is 0 Å². The number of carbonyl (C=O) groups excluding carboxylic acids is 1. The summed E-state index contributed by atoms with van der Waals surface area (Å²) in [5.74, 6) is -2.87. The fourth-order valence-electron chi connectivity index (χ4n) is 1.91. The molecule has 0 radical (unpaired) electrons. The molecule has 4 nitrogen and oxygen atoms in total. The van der Waals surface area contributed by atoms with Crippen LogP contribution in [0.3, 0.4) is 0 Å². The Bertz CT molecular complexity index is 769. The standard InChI is InChI=1S/C15H13F2NO3S/c1-11-5-7-12(8-6-11)22(20,21)10-18(9-19)15-13(16)3-2-4-14(15)17/h2-9H,10H2,1H3. The smallest absolute Gasteiger partial charge is 0.215 e. The van der Waals surface area contributed by atoms with E-state index in [0.717, 1.165) is 23.8 Å². The topological polar surface area (TPSA) is 54.5 Å². The molecule has 0 fully saturated rings. The molecule has 2 aromatic carbocycles. The average Bonchev–Trinajstić information content (AvgIpc) is 2.46. The highest BCUT2D eigenvalue weighted by Gasteiger charge is 2.23. The van der Waals surface area contributed by atoms with Crippen molar-refractivity contribution in [3.05, 3.63) is 59.7 Å². The van der Waals surface area contributed by atoms with Crippen LogP contribution < -0.4 is 4.90 Å². The van der Waals surface area contributed by atoms with E-state index in [1.807, 2.05) is 0 Å². The number of sulfone groups is 1. The number of hydrogen-bond acceptors (Lipinski definition) is 3. The highest BCUT2D eigenvalue weighted by molar-refractivity contribution is 7.91. The number of hydrogen-bond donors (Lipinski definition) is 0. The van der Waals surface area contributed by atoms with Gasteiger partial charge in [-0.1, -0.05) is 23.8 Å². The Labute approximate surface area is 126 Å². The molecule has 0 N–H and O–H groups in total. The lowest BCUT2D eigenvalue weighted by Crippen LogP contribution is -2.30. The number of nitrogens with zero attached hydrogens (tertiary/aromatic N) is 1. The predicted octanol–water partition coefficient (Wildman–Crippen LogP) is 2.67. The van der Waals surface area contributed by atoms with Crippen molar-refractivity contribution in [1.29, 1.82) is 0 Å². The van der Waals surface area contributed by atoms with Crippen molar-refractivity contribution in [1.82, 2.24) is 0 Å². The van der Waals surface area contributed by atoms with Crippen LogP contribution >= 0.6 is 0 Å². The number of amides is 1. The van der Waals surface area contributed by atoms with E-state index < -0.39 is 33.0 Å². The molecule has 0 saturated carbocycles. The molecule has 0 heterocycles. The van der Waals surface area contributed by atoms with E-state index in [-0.39, 0.29) is 11.3 Å². The molecule has 0 unspecified atom stereocenters. The maximum atomic E-state index is 13.7. The highest BCUT2D eigenvalue weighted by atomic mass is 32.2. The molecule has 0 atom stereocenters. The molecule has 0 aliphatic heterocycles. The molecule has 7 heteroatoms. The second-order valence-electron chi connectivity index (χ2n) is 4.70. The molecule has 0 saturated heterocycles. The highest BCUT2D eigenvalue weighted by Crippen LogP contribution is 2.24. The molecule has 2 rings (SSSR count). The van der Waals surface area contributed by atoms with Gasteiger partial charge >= 0.3 is 0 Å². The van der Waals surface area contributed by atoms with Crippen molar-refractivity contribution in [3.63, 3.8) is 0 Å². The minimum Gasteiger partial charge on any atom is -0.294 e. The van der Waals surface area contributed by atoms with E-state index in [1.165, 1.54) is 12.1 Å². The first-order valence-electron chi connectivity index (χ1n) is 6.30. The largest absolute Gasteiger partial charge is 0.294 e. The summed E-state index contributed by atoms with van der Waals surface area (Å²) in [6.07, 6.45) is 0.0905. The van der Waals surface area contributed by atoms with Gasteiger partial charge < -0.3 is 0 Å². The molecule has 2 aromatic rings. The molecule has 0 aromatic heterocycles. The van der Waals surface area contributed by atoms with Crippen molar-refractivity contribution < 1.29 is 22.0 Å². The van der Waals surface area contributed by atoms with E-state index >= 15 is 0 Å². The third kappa shape index (κ3) is 3.30. The van der Waals surface area contributed by atoms with Crippen LogP contribution in [-0.4, -0.2) is 20.7 Å². The number of benzene rings is 2. The second-order valence-corrected chi connectivity index (χ2v) is 6.66. The lowest BCUT2D eigenvalue weighted by atomic mass is 10.2. The van der Waals surface area contributed by atoms with Gasteiger partial charge in [0.05, 0.1) is 4.90 Å². The number of carbonyl (C=O) groups is 1. The van der Waals surface area contributed by atoms with Crippen LogP contribution in [0.4, 0.5) is 14.5 Å². The van der Waals surface area contributed by atoms with Crippen molar-refractivity contribution >= 4 is 21.9 Å². The maximum Gasteiger partial charge on any atom is 0.215 e. The van der Waals surface area contributed by atoms with E-state index in [9.17, 15) is 22.0 Å². The SMILES string of the molecule is Cc1ccc(S(=O)(=O)CN(C=O)c2c(F)cccc2F)cc1. The maximum absolute atomic E-state index is 13.7. The Morgan fingerprint density at radius 2 is 1.59 bits per heavy atom. The Hall–Kier alpha value is -2.28. The van der Waals surface area contributed by atoms with Gasteiger partial charge in [0.2, 0.25) is 6.41 Å². The summed E-state index contributed by atoms with van der Waals surface area (Å²) >= 11 is 0. The lowest BCUT2D eigenvalue weighted by Gasteiger charge is -2.18. The third-order valence-electron chi connectivity index (χ3n) is 3.04. The molecular weight excluding hydrogens is 312 g/mol.